The van der Waals surface area contributed by atoms with E-state index >= 15 is 0 Å². The summed E-state index contributed by atoms with van der Waals surface area (Å²) < 4.78 is 1.50. The molecular formula is C13H22N4O3. The van der Waals surface area contributed by atoms with Gasteiger partial charge in [0.1, 0.15) is 11.4 Å². The first-order valence-corrected chi connectivity index (χ1v) is 6.54. The van der Waals surface area contributed by atoms with Gasteiger partial charge in [-0.15, -0.1) is 0 Å². The fraction of sp³-hybridized carbons (Fsp3) is 0.615. The number of nitrogens with one attached hydrogen (secondary N) is 1. The van der Waals surface area contributed by atoms with Crippen molar-refractivity contribution in [1.29, 1.82) is 0 Å². The molecule has 112 valence electrons. The lowest BCUT2D eigenvalue weighted by Crippen LogP contribution is -2.26. The lowest BCUT2D eigenvalue weighted by Gasteiger charge is -2.16. The third-order valence-corrected chi connectivity index (χ3v) is 3.09. The minimum absolute atomic E-state index is 0.229. The van der Waals surface area contributed by atoms with E-state index in [1.807, 2.05) is 13.8 Å². The van der Waals surface area contributed by atoms with E-state index in [9.17, 15) is 14.7 Å². The molecule has 0 saturated carbocycles. The third kappa shape index (κ3) is 3.72. The summed E-state index contributed by atoms with van der Waals surface area (Å²) >= 11 is 0. The maximum Gasteiger partial charge on any atom is 0.308 e. The van der Waals surface area contributed by atoms with Crippen molar-refractivity contribution in [1.82, 2.24) is 9.78 Å². The number of aliphatic carboxylic acids is 1. The summed E-state index contributed by atoms with van der Waals surface area (Å²) in [5, 5.41) is 16.3. The second kappa shape index (κ2) is 6.40. The number of hydrogen-bond acceptors (Lipinski definition) is 4. The maximum absolute atomic E-state index is 11.4. The van der Waals surface area contributed by atoms with E-state index in [2.05, 4.69) is 10.4 Å². The van der Waals surface area contributed by atoms with Gasteiger partial charge in [-0.2, -0.15) is 5.10 Å². The quantitative estimate of drug-likeness (QED) is 0.690. The molecule has 0 aliphatic heterocycles. The second-order valence-electron chi connectivity index (χ2n) is 5.34. The molecule has 4 N–H and O–H groups in total. The smallest absolute Gasteiger partial charge is 0.308 e. The van der Waals surface area contributed by atoms with Crippen molar-refractivity contribution in [3.63, 3.8) is 0 Å². The van der Waals surface area contributed by atoms with Gasteiger partial charge in [-0.05, 0) is 19.3 Å². The minimum Gasteiger partial charge on any atom is -0.481 e. The number of primary amides is 1. The summed E-state index contributed by atoms with van der Waals surface area (Å²) in [6.45, 7) is 5.86. The molecule has 0 bridgehead atoms. The van der Waals surface area contributed by atoms with E-state index < -0.39 is 17.8 Å². The van der Waals surface area contributed by atoms with Gasteiger partial charge in [0.2, 0.25) is 0 Å². The Labute approximate surface area is 118 Å². The highest BCUT2D eigenvalue weighted by molar-refractivity contribution is 5.98. The average molecular weight is 282 g/mol. The maximum atomic E-state index is 11.4. The first kappa shape index (κ1) is 16.0. The molecule has 7 nitrogen and oxygen atoms in total. The molecular weight excluding hydrogens is 260 g/mol. The molecule has 0 saturated heterocycles. The van der Waals surface area contributed by atoms with Crippen LogP contribution in [-0.4, -0.2) is 33.3 Å². The number of anilines is 1. The molecule has 1 amide bonds. The Morgan fingerprint density at radius 1 is 1.45 bits per heavy atom. The van der Waals surface area contributed by atoms with E-state index in [4.69, 9.17) is 5.73 Å². The first-order chi connectivity index (χ1) is 9.23. The van der Waals surface area contributed by atoms with Crippen molar-refractivity contribution < 1.29 is 14.7 Å². The normalized spacial score (nSPS) is 12.4. The van der Waals surface area contributed by atoms with Crippen LogP contribution in [0.3, 0.4) is 0 Å². The Morgan fingerprint density at radius 2 is 2.05 bits per heavy atom. The third-order valence-electron chi connectivity index (χ3n) is 3.09. The number of nitrogens with two attached hydrogens (primary N) is 1. The van der Waals surface area contributed by atoms with Gasteiger partial charge >= 0.3 is 5.97 Å². The fourth-order valence-corrected chi connectivity index (χ4v) is 2.22. The van der Waals surface area contributed by atoms with Crippen LogP contribution in [0, 0.1) is 18.8 Å². The van der Waals surface area contributed by atoms with Crippen LogP contribution < -0.4 is 11.1 Å². The lowest BCUT2D eigenvalue weighted by atomic mass is 9.97. The molecule has 1 aromatic heterocycles. The van der Waals surface area contributed by atoms with Gasteiger partial charge in [0.15, 0.2) is 0 Å². The topological polar surface area (TPSA) is 110 Å². The predicted octanol–water partition coefficient (Wildman–Crippen LogP) is 0.986. The van der Waals surface area contributed by atoms with Crippen LogP contribution in [0.1, 0.15) is 36.3 Å². The Hall–Kier alpha value is -2.05. The van der Waals surface area contributed by atoms with E-state index in [1.165, 1.54) is 4.68 Å². The van der Waals surface area contributed by atoms with Crippen molar-refractivity contribution in [2.75, 3.05) is 11.9 Å². The van der Waals surface area contributed by atoms with Gasteiger partial charge in [0.05, 0.1) is 11.6 Å². The summed E-state index contributed by atoms with van der Waals surface area (Å²) in [5.41, 5.74) is 6.16. The van der Waals surface area contributed by atoms with Crippen molar-refractivity contribution in [2.45, 2.75) is 27.2 Å². The molecule has 1 unspecified atom stereocenters. The standard InChI is InChI=1S/C13H22N4O3/c1-7(2)5-9(13(19)20)6-15-12-10(11(14)18)8(3)16-17(12)4/h7,9,15H,5-6H2,1-4H3,(H2,14,18)(H,19,20). The Bertz CT molecular complexity index is 508. The number of carbonyl (C=O) groups is 2. The van der Waals surface area contributed by atoms with E-state index in [0.717, 1.165) is 0 Å². The van der Waals surface area contributed by atoms with Gasteiger partial charge < -0.3 is 16.2 Å². The molecule has 0 aromatic carbocycles. The fourth-order valence-electron chi connectivity index (χ4n) is 2.22. The lowest BCUT2D eigenvalue weighted by molar-refractivity contribution is -0.141. The minimum atomic E-state index is -0.856. The number of nitrogens with zero attached hydrogens (tertiary/aromatic N) is 2. The monoisotopic (exact) mass is 282 g/mol. The molecule has 20 heavy (non-hydrogen) atoms. The van der Waals surface area contributed by atoms with Crippen molar-refractivity contribution >= 4 is 17.7 Å². The van der Waals surface area contributed by atoms with Gasteiger partial charge in [-0.25, -0.2) is 0 Å². The summed E-state index contributed by atoms with van der Waals surface area (Å²) in [7, 11) is 1.68. The summed E-state index contributed by atoms with van der Waals surface area (Å²) in [4.78, 5) is 22.6. The molecule has 0 fully saturated rings. The molecule has 0 spiro atoms. The summed E-state index contributed by atoms with van der Waals surface area (Å²) in [5.74, 6) is -1.21. The van der Waals surface area contributed by atoms with Crippen LogP contribution in [0.4, 0.5) is 5.82 Å². The molecule has 1 aromatic rings. The van der Waals surface area contributed by atoms with Gasteiger partial charge in [-0.3, -0.25) is 14.3 Å². The van der Waals surface area contributed by atoms with Crippen molar-refractivity contribution in [2.24, 2.45) is 24.6 Å². The highest BCUT2D eigenvalue weighted by Gasteiger charge is 2.22. The molecule has 1 heterocycles. The number of carboxylic acid groups (broad SMARTS) is 1. The number of aromatic nitrogens is 2. The van der Waals surface area contributed by atoms with Crippen molar-refractivity contribution in [3.05, 3.63) is 11.3 Å². The zero-order valence-electron chi connectivity index (χ0n) is 12.3. The van der Waals surface area contributed by atoms with Crippen LogP contribution in [0.15, 0.2) is 0 Å². The Morgan fingerprint density at radius 3 is 2.50 bits per heavy atom. The summed E-state index contributed by atoms with van der Waals surface area (Å²) in [6, 6.07) is 0. The van der Waals surface area contributed by atoms with Crippen LogP contribution in [0.5, 0.6) is 0 Å². The highest BCUT2D eigenvalue weighted by atomic mass is 16.4. The van der Waals surface area contributed by atoms with Gasteiger partial charge in [-0.1, -0.05) is 13.8 Å². The number of rotatable bonds is 7. The number of carbonyl (C=O) groups excluding carboxylic acids is 1. The molecule has 0 aliphatic rings. The van der Waals surface area contributed by atoms with Crippen LogP contribution in [-0.2, 0) is 11.8 Å². The SMILES string of the molecule is Cc1nn(C)c(NCC(CC(C)C)C(=O)O)c1C(N)=O. The Kier molecular flexibility index (Phi) is 5.12. The van der Waals surface area contributed by atoms with Crippen LogP contribution in [0.2, 0.25) is 0 Å². The van der Waals surface area contributed by atoms with Gasteiger partial charge in [0, 0.05) is 13.6 Å². The van der Waals surface area contributed by atoms with E-state index in [-0.39, 0.29) is 12.5 Å². The van der Waals surface area contributed by atoms with Crippen LogP contribution in [0.25, 0.3) is 0 Å². The number of carboxylic acids is 1. The zero-order chi connectivity index (χ0) is 15.4. The highest BCUT2D eigenvalue weighted by Crippen LogP contribution is 2.20. The molecule has 1 atom stereocenters. The number of hydrogen-bond donors (Lipinski definition) is 3. The summed E-state index contributed by atoms with van der Waals surface area (Å²) in [6.07, 6.45) is 0.561. The molecule has 0 aliphatic carbocycles. The zero-order valence-corrected chi connectivity index (χ0v) is 12.3. The molecule has 0 radical (unpaired) electrons. The molecule has 1 rings (SSSR count). The average Bonchev–Trinajstić information content (AvgIpc) is 2.58. The van der Waals surface area contributed by atoms with E-state index in [1.54, 1.807) is 14.0 Å². The van der Waals surface area contributed by atoms with Crippen LogP contribution >= 0.6 is 0 Å². The second-order valence-corrected chi connectivity index (χ2v) is 5.34. The first-order valence-electron chi connectivity index (χ1n) is 6.54. The van der Waals surface area contributed by atoms with Crippen molar-refractivity contribution in [3.8, 4) is 0 Å². The van der Waals surface area contributed by atoms with E-state index in [0.29, 0.717) is 23.5 Å². The number of amides is 1. The predicted molar refractivity (Wildman–Crippen MR) is 75.5 cm³/mol. The molecule has 7 heteroatoms. The van der Waals surface area contributed by atoms with Gasteiger partial charge in [0.25, 0.3) is 5.91 Å². The number of aryl methyl sites for hydroxylation is 2. The largest absolute Gasteiger partial charge is 0.481 e. The Balaban J connectivity index is 2.88.